The summed E-state index contributed by atoms with van der Waals surface area (Å²) in [7, 11) is 0.440. The first kappa shape index (κ1) is 16.4. The van der Waals surface area contributed by atoms with E-state index in [1.165, 1.54) is 12.1 Å². The van der Waals surface area contributed by atoms with Crippen LogP contribution in [0.3, 0.4) is 0 Å². The molecule has 0 aliphatic rings. The third kappa shape index (κ3) is 4.50. The molecule has 0 saturated carbocycles. The van der Waals surface area contributed by atoms with Crippen molar-refractivity contribution in [3.63, 3.8) is 0 Å². The number of rotatable bonds is 6. The first-order valence-corrected chi connectivity index (χ1v) is 12.5. The van der Waals surface area contributed by atoms with Gasteiger partial charge in [-0.15, -0.1) is 5.10 Å². The lowest BCUT2D eigenvalue weighted by Gasteiger charge is -2.15. The molecule has 0 amide bonds. The molecular weight excluding hydrogens is 330 g/mol. The summed E-state index contributed by atoms with van der Waals surface area (Å²) in [5.74, 6) is 0. The number of hydrogen-bond acceptors (Lipinski definition) is 5. The highest BCUT2D eigenvalue weighted by Crippen LogP contribution is 2.20. The van der Waals surface area contributed by atoms with Crippen LogP contribution >= 0.6 is 10.7 Å². The van der Waals surface area contributed by atoms with Gasteiger partial charge in [-0.05, 0) is 24.2 Å². The normalized spacial score (nSPS) is 13.0. The second-order valence-corrected chi connectivity index (χ2v) is 14.2. The minimum Gasteiger partial charge on any atom is -0.359 e. The fraction of sp³-hybridized carbons (Fsp3) is 0.500. The minimum absolute atomic E-state index is 0.0170. The Morgan fingerprint density at radius 1 is 1.33 bits per heavy atom. The van der Waals surface area contributed by atoms with Gasteiger partial charge in [0.2, 0.25) is 0 Å². The van der Waals surface area contributed by atoms with Gasteiger partial charge in [0.15, 0.2) is 0 Å². The predicted octanol–water partition coefficient (Wildman–Crippen LogP) is 2.67. The van der Waals surface area contributed by atoms with E-state index in [1.54, 1.807) is 10.7 Å². The predicted molar refractivity (Wildman–Crippen MR) is 84.7 cm³/mol. The van der Waals surface area contributed by atoms with E-state index in [9.17, 15) is 8.42 Å². The first-order valence-electron chi connectivity index (χ1n) is 6.52. The number of ether oxygens (including phenoxy) is 1. The SMILES string of the molecule is C[Si](C)(C)CCOCn1nnc2cc(S(=O)(=O)Cl)ccc21. The van der Waals surface area contributed by atoms with Crippen molar-refractivity contribution in [1.82, 2.24) is 15.0 Å². The molecule has 0 saturated heterocycles. The molecule has 0 radical (unpaired) electrons. The van der Waals surface area contributed by atoms with Crippen molar-refractivity contribution < 1.29 is 13.2 Å². The molecule has 1 aromatic carbocycles. The van der Waals surface area contributed by atoms with Crippen LogP contribution in [0.5, 0.6) is 0 Å². The highest BCUT2D eigenvalue weighted by molar-refractivity contribution is 8.13. The molecule has 2 rings (SSSR count). The van der Waals surface area contributed by atoms with Gasteiger partial charge in [-0.1, -0.05) is 24.9 Å². The van der Waals surface area contributed by atoms with Gasteiger partial charge >= 0.3 is 0 Å². The van der Waals surface area contributed by atoms with Crippen LogP contribution in [0, 0.1) is 0 Å². The number of halogens is 1. The lowest BCUT2D eigenvalue weighted by Crippen LogP contribution is -2.22. The van der Waals surface area contributed by atoms with Crippen LogP contribution in [0.15, 0.2) is 23.1 Å². The van der Waals surface area contributed by atoms with Crippen molar-refractivity contribution >= 4 is 38.8 Å². The van der Waals surface area contributed by atoms with Crippen LogP contribution in [0.1, 0.15) is 0 Å². The Morgan fingerprint density at radius 3 is 2.67 bits per heavy atom. The molecule has 9 heteroatoms. The second kappa shape index (κ2) is 6.03. The van der Waals surface area contributed by atoms with Gasteiger partial charge in [-0.25, -0.2) is 13.1 Å². The van der Waals surface area contributed by atoms with Crippen molar-refractivity contribution in [1.29, 1.82) is 0 Å². The Hall–Kier alpha value is -0.963. The van der Waals surface area contributed by atoms with Gasteiger partial charge in [0.05, 0.1) is 10.4 Å². The third-order valence-electron chi connectivity index (χ3n) is 2.98. The summed E-state index contributed by atoms with van der Waals surface area (Å²) >= 11 is 0. The highest BCUT2D eigenvalue weighted by Gasteiger charge is 2.14. The molecule has 0 atom stereocenters. The number of hydrogen-bond donors (Lipinski definition) is 0. The van der Waals surface area contributed by atoms with Crippen LogP contribution in [-0.2, 0) is 20.5 Å². The van der Waals surface area contributed by atoms with E-state index in [1.807, 2.05) is 0 Å². The number of fused-ring (bicyclic) bond motifs is 1. The lowest BCUT2D eigenvalue weighted by atomic mass is 10.3. The van der Waals surface area contributed by atoms with Gasteiger partial charge in [0.1, 0.15) is 12.2 Å². The van der Waals surface area contributed by atoms with Crippen molar-refractivity contribution in [3.8, 4) is 0 Å². The van der Waals surface area contributed by atoms with Crippen molar-refractivity contribution in [3.05, 3.63) is 18.2 Å². The first-order chi connectivity index (χ1) is 9.67. The zero-order chi connectivity index (χ0) is 15.7. The Labute approximate surface area is 129 Å². The molecule has 0 spiro atoms. The van der Waals surface area contributed by atoms with Crippen molar-refractivity contribution in [2.75, 3.05) is 6.61 Å². The van der Waals surface area contributed by atoms with Gasteiger partial charge in [-0.3, -0.25) is 0 Å². The molecule has 6 nitrogen and oxygen atoms in total. The van der Waals surface area contributed by atoms with Crippen molar-refractivity contribution in [2.45, 2.75) is 37.3 Å². The molecule has 1 heterocycles. The molecule has 2 aromatic rings. The Bertz CT molecular complexity index is 740. The molecule has 0 N–H and O–H groups in total. The van der Waals surface area contributed by atoms with Gasteiger partial charge < -0.3 is 4.74 Å². The molecular formula is C12H18ClN3O3SSi. The van der Waals surface area contributed by atoms with Crippen molar-refractivity contribution in [2.24, 2.45) is 0 Å². The maximum atomic E-state index is 11.3. The molecule has 0 fully saturated rings. The number of aromatic nitrogens is 3. The largest absolute Gasteiger partial charge is 0.359 e. The molecule has 0 unspecified atom stereocenters. The summed E-state index contributed by atoms with van der Waals surface area (Å²) in [5.41, 5.74) is 1.19. The summed E-state index contributed by atoms with van der Waals surface area (Å²) in [6.45, 7) is 7.85. The fourth-order valence-corrected chi connectivity index (χ4v) is 3.26. The van der Waals surface area contributed by atoms with Gasteiger partial charge in [0.25, 0.3) is 9.05 Å². The van der Waals surface area contributed by atoms with E-state index in [-0.39, 0.29) is 4.90 Å². The van der Waals surface area contributed by atoms with E-state index >= 15 is 0 Å². The van der Waals surface area contributed by atoms with Gasteiger partial charge in [-0.2, -0.15) is 0 Å². The quantitative estimate of drug-likeness (QED) is 0.456. The summed E-state index contributed by atoms with van der Waals surface area (Å²) < 4.78 is 29.8. The zero-order valence-corrected chi connectivity index (χ0v) is 14.8. The Kier molecular flexibility index (Phi) is 4.71. The Morgan fingerprint density at radius 2 is 2.05 bits per heavy atom. The van der Waals surface area contributed by atoms with Crippen LogP contribution < -0.4 is 0 Å². The monoisotopic (exact) mass is 347 g/mol. The van der Waals surface area contributed by atoms with Crippen LogP contribution in [-0.4, -0.2) is 38.1 Å². The Balaban J connectivity index is 2.09. The average Bonchev–Trinajstić information content (AvgIpc) is 2.75. The molecule has 1 aromatic heterocycles. The van der Waals surface area contributed by atoms with E-state index < -0.39 is 17.1 Å². The summed E-state index contributed by atoms with van der Waals surface area (Å²) in [4.78, 5) is 0.0170. The lowest BCUT2D eigenvalue weighted by molar-refractivity contribution is 0.0803. The zero-order valence-electron chi connectivity index (χ0n) is 12.2. The number of benzene rings is 1. The minimum atomic E-state index is -3.75. The fourth-order valence-electron chi connectivity index (χ4n) is 1.73. The maximum absolute atomic E-state index is 11.3. The maximum Gasteiger partial charge on any atom is 0.261 e. The average molecular weight is 348 g/mol. The summed E-state index contributed by atoms with van der Waals surface area (Å²) in [6, 6.07) is 5.55. The second-order valence-electron chi connectivity index (χ2n) is 6.03. The van der Waals surface area contributed by atoms with E-state index in [4.69, 9.17) is 15.4 Å². The topological polar surface area (TPSA) is 74.1 Å². The molecule has 0 bridgehead atoms. The van der Waals surface area contributed by atoms with E-state index in [2.05, 4.69) is 30.0 Å². The summed E-state index contributed by atoms with van der Waals surface area (Å²) in [6.07, 6.45) is 0. The molecule has 0 aliphatic carbocycles. The van der Waals surface area contributed by atoms with Crippen LogP contribution in [0.2, 0.25) is 25.7 Å². The third-order valence-corrected chi connectivity index (χ3v) is 6.03. The molecule has 0 aliphatic heterocycles. The number of nitrogens with zero attached hydrogens (tertiary/aromatic N) is 3. The van der Waals surface area contributed by atoms with Crippen LogP contribution in [0.4, 0.5) is 0 Å². The smallest absolute Gasteiger partial charge is 0.261 e. The van der Waals surface area contributed by atoms with E-state index in [0.29, 0.717) is 24.4 Å². The summed E-state index contributed by atoms with van der Waals surface area (Å²) in [5, 5.41) is 7.91. The van der Waals surface area contributed by atoms with Crippen LogP contribution in [0.25, 0.3) is 11.0 Å². The molecule has 21 heavy (non-hydrogen) atoms. The standard InChI is InChI=1S/C12H18ClN3O3SSi/c1-21(2,3)7-6-19-9-16-12-5-4-10(20(13,17)18)8-11(12)14-15-16/h4-5,8H,6-7,9H2,1-3H3. The van der Waals surface area contributed by atoms with E-state index in [0.717, 1.165) is 6.04 Å². The molecule has 116 valence electrons. The van der Waals surface area contributed by atoms with Gasteiger partial charge in [0, 0.05) is 25.4 Å². The highest BCUT2D eigenvalue weighted by atomic mass is 35.7.